The van der Waals surface area contributed by atoms with Crippen LogP contribution in [-0.4, -0.2) is 20.7 Å². The lowest BCUT2D eigenvalue weighted by atomic mass is 10.2. The topological polar surface area (TPSA) is 30.7 Å². The monoisotopic (exact) mass is 371 g/mol. The zero-order chi connectivity index (χ0) is 17.5. The highest BCUT2D eigenvalue weighted by molar-refractivity contribution is 7.11. The van der Waals surface area contributed by atoms with Gasteiger partial charge in [0, 0.05) is 33.4 Å². The molecule has 0 amide bonds. The van der Waals surface area contributed by atoms with E-state index in [0.29, 0.717) is 17.8 Å². The Balaban J connectivity index is 1.86. The molecule has 0 aliphatic heterocycles. The summed E-state index contributed by atoms with van der Waals surface area (Å²) in [5.74, 6) is 0. The molecule has 0 spiro atoms. The third-order valence-electron chi connectivity index (χ3n) is 3.71. The van der Waals surface area contributed by atoms with E-state index in [-0.39, 0.29) is 0 Å². The van der Waals surface area contributed by atoms with Crippen LogP contribution >= 0.6 is 22.7 Å². The maximum atomic E-state index is 12.7. The second kappa shape index (κ2) is 6.33. The molecule has 0 saturated heterocycles. The summed E-state index contributed by atoms with van der Waals surface area (Å²) in [5, 5.41) is 5.81. The number of hydrogen-bond donors (Lipinski definition) is 0. The molecule has 0 aliphatic carbocycles. The van der Waals surface area contributed by atoms with Crippen molar-refractivity contribution in [1.82, 2.24) is 14.5 Å². The molecule has 0 aliphatic rings. The number of thiazole rings is 2. The van der Waals surface area contributed by atoms with E-state index in [1.807, 2.05) is 17.7 Å². The first-order valence-electron chi connectivity index (χ1n) is 7.32. The molecule has 24 heavy (non-hydrogen) atoms. The van der Waals surface area contributed by atoms with Crippen molar-refractivity contribution >= 4 is 22.7 Å². The number of aromatic nitrogens is 3. The number of aryl methyl sites for hydroxylation is 2. The van der Waals surface area contributed by atoms with Crippen molar-refractivity contribution in [3.8, 4) is 11.3 Å². The molecular weight excluding hydrogens is 355 g/mol. The largest absolute Gasteiger partial charge is 0.406 e. The third-order valence-corrected chi connectivity index (χ3v) is 5.52. The van der Waals surface area contributed by atoms with Crippen molar-refractivity contribution in [2.24, 2.45) is 0 Å². The van der Waals surface area contributed by atoms with Gasteiger partial charge in [0.25, 0.3) is 0 Å². The summed E-state index contributed by atoms with van der Waals surface area (Å²) in [6.45, 7) is 4.37. The molecule has 0 saturated carbocycles. The highest BCUT2D eigenvalue weighted by Gasteiger charge is 2.30. The number of rotatable bonds is 4. The first-order valence-corrected chi connectivity index (χ1v) is 9.08. The molecule has 0 fully saturated rings. The standard InChI is InChI=1S/C16H16F3N3S2/c1-9-6-23-14(20-9)5-15-21-13(7-24-15)12-4-10(2)22(11(12)3)8-16(17,18)19/h4,6-7H,5,8H2,1-3H3. The molecule has 3 heterocycles. The van der Waals surface area contributed by atoms with E-state index >= 15 is 0 Å². The van der Waals surface area contributed by atoms with Gasteiger partial charge in [-0.15, -0.1) is 22.7 Å². The van der Waals surface area contributed by atoms with E-state index in [9.17, 15) is 13.2 Å². The van der Waals surface area contributed by atoms with Gasteiger partial charge in [-0.1, -0.05) is 0 Å². The van der Waals surface area contributed by atoms with Gasteiger partial charge in [0.15, 0.2) is 0 Å². The summed E-state index contributed by atoms with van der Waals surface area (Å²) < 4.78 is 39.5. The Kier molecular flexibility index (Phi) is 4.52. The van der Waals surface area contributed by atoms with Crippen LogP contribution in [0.15, 0.2) is 16.8 Å². The van der Waals surface area contributed by atoms with Crippen molar-refractivity contribution in [1.29, 1.82) is 0 Å². The zero-order valence-electron chi connectivity index (χ0n) is 13.4. The van der Waals surface area contributed by atoms with Crippen molar-refractivity contribution in [3.63, 3.8) is 0 Å². The first-order chi connectivity index (χ1) is 11.2. The summed E-state index contributed by atoms with van der Waals surface area (Å²) in [6.07, 6.45) is -3.58. The van der Waals surface area contributed by atoms with Gasteiger partial charge < -0.3 is 4.57 Å². The van der Waals surface area contributed by atoms with Crippen molar-refractivity contribution in [3.05, 3.63) is 43.9 Å². The lowest BCUT2D eigenvalue weighted by molar-refractivity contribution is -0.141. The van der Waals surface area contributed by atoms with Crippen molar-refractivity contribution in [2.45, 2.75) is 39.9 Å². The van der Waals surface area contributed by atoms with Crippen molar-refractivity contribution in [2.75, 3.05) is 0 Å². The van der Waals surface area contributed by atoms with Gasteiger partial charge in [-0.25, -0.2) is 9.97 Å². The Hall–Kier alpha value is -1.67. The highest BCUT2D eigenvalue weighted by Crippen LogP contribution is 2.31. The lowest BCUT2D eigenvalue weighted by Gasteiger charge is -2.12. The van der Waals surface area contributed by atoms with E-state index in [4.69, 9.17) is 0 Å². The fourth-order valence-electron chi connectivity index (χ4n) is 2.61. The fourth-order valence-corrected chi connectivity index (χ4v) is 4.28. The van der Waals surface area contributed by atoms with Gasteiger partial charge in [-0.2, -0.15) is 13.2 Å². The Morgan fingerprint density at radius 3 is 2.33 bits per heavy atom. The van der Waals surface area contributed by atoms with Gasteiger partial charge in [-0.3, -0.25) is 0 Å². The van der Waals surface area contributed by atoms with Crippen LogP contribution in [0.5, 0.6) is 0 Å². The summed E-state index contributed by atoms with van der Waals surface area (Å²) in [4.78, 5) is 9.01. The summed E-state index contributed by atoms with van der Waals surface area (Å²) in [7, 11) is 0. The average Bonchev–Trinajstić information content (AvgIpc) is 3.15. The van der Waals surface area contributed by atoms with Crippen LogP contribution in [0.3, 0.4) is 0 Å². The smallest absolute Gasteiger partial charge is 0.339 e. The predicted molar refractivity (Wildman–Crippen MR) is 90.7 cm³/mol. The minimum atomic E-state index is -4.23. The molecule has 3 nitrogen and oxygen atoms in total. The molecule has 3 rings (SSSR count). The van der Waals surface area contributed by atoms with E-state index in [1.165, 1.54) is 15.9 Å². The van der Waals surface area contributed by atoms with Crippen molar-refractivity contribution < 1.29 is 13.2 Å². The molecule has 0 N–H and O–H groups in total. The summed E-state index contributed by atoms with van der Waals surface area (Å²) in [6, 6.07) is 1.77. The number of halogens is 3. The molecule has 3 aromatic heterocycles. The Labute approximate surface area is 145 Å². The summed E-state index contributed by atoms with van der Waals surface area (Å²) >= 11 is 3.10. The molecular formula is C16H16F3N3S2. The number of alkyl halides is 3. The fraction of sp³-hybridized carbons (Fsp3) is 0.375. The molecule has 128 valence electrons. The van der Waals surface area contributed by atoms with Gasteiger partial charge in [-0.05, 0) is 26.8 Å². The minimum absolute atomic E-state index is 0.588. The minimum Gasteiger partial charge on any atom is -0.339 e. The lowest BCUT2D eigenvalue weighted by Crippen LogP contribution is -2.19. The first kappa shape index (κ1) is 17.2. The van der Waals surface area contributed by atoms with Crippen LogP contribution in [0.25, 0.3) is 11.3 Å². The average molecular weight is 371 g/mol. The second-order valence-electron chi connectivity index (χ2n) is 5.67. The predicted octanol–water partition coefficient (Wildman–Crippen LogP) is 5.15. The van der Waals surface area contributed by atoms with Crippen LogP contribution in [0.2, 0.25) is 0 Å². The van der Waals surface area contributed by atoms with Gasteiger partial charge in [0.05, 0.1) is 17.1 Å². The maximum Gasteiger partial charge on any atom is 0.406 e. The van der Waals surface area contributed by atoms with Crippen LogP contribution in [0, 0.1) is 20.8 Å². The molecule has 3 aromatic rings. The molecule has 0 bridgehead atoms. The molecule has 0 atom stereocenters. The second-order valence-corrected chi connectivity index (χ2v) is 7.56. The Bertz CT molecular complexity index is 858. The molecule has 0 aromatic carbocycles. The Morgan fingerprint density at radius 2 is 1.71 bits per heavy atom. The molecule has 8 heteroatoms. The van der Waals surface area contributed by atoms with Crippen LogP contribution in [-0.2, 0) is 13.0 Å². The quantitative estimate of drug-likeness (QED) is 0.635. The van der Waals surface area contributed by atoms with Crippen LogP contribution in [0.4, 0.5) is 13.2 Å². The SMILES string of the molecule is Cc1csc(Cc2nc(-c3cc(C)n(CC(F)(F)F)c3C)cs2)n1. The van der Waals surface area contributed by atoms with Crippen LogP contribution in [0.1, 0.15) is 27.1 Å². The van der Waals surface area contributed by atoms with E-state index in [1.54, 1.807) is 31.3 Å². The van der Waals surface area contributed by atoms with E-state index in [0.717, 1.165) is 27.0 Å². The number of nitrogens with zero attached hydrogens (tertiary/aromatic N) is 3. The summed E-state index contributed by atoms with van der Waals surface area (Å²) in [5.41, 5.74) is 3.65. The maximum absolute atomic E-state index is 12.7. The Morgan fingerprint density at radius 1 is 1.04 bits per heavy atom. The van der Waals surface area contributed by atoms with E-state index < -0.39 is 12.7 Å². The highest BCUT2D eigenvalue weighted by atomic mass is 32.1. The van der Waals surface area contributed by atoms with Gasteiger partial charge in [0.1, 0.15) is 11.6 Å². The number of hydrogen-bond acceptors (Lipinski definition) is 4. The van der Waals surface area contributed by atoms with E-state index in [2.05, 4.69) is 9.97 Å². The molecule has 0 unspecified atom stereocenters. The van der Waals surface area contributed by atoms with Gasteiger partial charge >= 0.3 is 6.18 Å². The van der Waals surface area contributed by atoms with Gasteiger partial charge in [0.2, 0.25) is 0 Å². The normalized spacial score (nSPS) is 12.1. The third kappa shape index (κ3) is 3.70. The molecule has 0 radical (unpaired) electrons. The van der Waals surface area contributed by atoms with Crippen LogP contribution < -0.4 is 0 Å². The zero-order valence-corrected chi connectivity index (χ0v) is 15.1.